The molecule has 20 heavy (non-hydrogen) atoms. The Hall–Kier alpha value is -1.14. The van der Waals surface area contributed by atoms with Crippen LogP contribution in [-0.2, 0) is 4.79 Å². The fourth-order valence-electron chi connectivity index (χ4n) is 2.65. The zero-order valence-electron chi connectivity index (χ0n) is 12.3. The van der Waals surface area contributed by atoms with Crippen LogP contribution in [0.4, 0.5) is 4.79 Å². The van der Waals surface area contributed by atoms with Gasteiger partial charge in [-0.15, -0.1) is 0 Å². The van der Waals surface area contributed by atoms with Crippen molar-refractivity contribution in [1.82, 2.24) is 20.9 Å². The Morgan fingerprint density at radius 2 is 1.90 bits per heavy atom. The third-order valence-electron chi connectivity index (χ3n) is 3.85. The van der Waals surface area contributed by atoms with Crippen molar-refractivity contribution in [3.05, 3.63) is 0 Å². The minimum atomic E-state index is -0.348. The number of hydrogen-bond acceptors (Lipinski definition) is 4. The summed E-state index contributed by atoms with van der Waals surface area (Å²) in [6.07, 6.45) is 5.21. The Morgan fingerprint density at radius 1 is 1.20 bits per heavy atom. The first-order valence-corrected chi connectivity index (χ1v) is 7.74. The number of nitrogens with one attached hydrogen (secondary N) is 3. The van der Waals surface area contributed by atoms with Gasteiger partial charge in [0.1, 0.15) is 0 Å². The standard InChI is InChI=1S/C14H26N4O2/c1-2-9-18(12-5-7-15-8-6-12)10-13(19)17-14(20)16-11-3-4-11/h11-12,15H,2-10H2,1H3,(H2,16,17,19,20). The van der Waals surface area contributed by atoms with Gasteiger partial charge >= 0.3 is 6.03 Å². The first kappa shape index (κ1) is 15.3. The molecule has 2 rings (SSSR count). The molecular formula is C14H26N4O2. The van der Waals surface area contributed by atoms with Crippen LogP contribution in [0.25, 0.3) is 0 Å². The molecule has 0 atom stereocenters. The molecular weight excluding hydrogens is 256 g/mol. The highest BCUT2D eigenvalue weighted by Gasteiger charge is 2.25. The van der Waals surface area contributed by atoms with Crippen LogP contribution >= 0.6 is 0 Å². The number of piperidine rings is 1. The van der Waals surface area contributed by atoms with Crippen LogP contribution in [0, 0.1) is 0 Å². The monoisotopic (exact) mass is 282 g/mol. The first-order valence-electron chi connectivity index (χ1n) is 7.74. The lowest BCUT2D eigenvalue weighted by atomic mass is 10.0. The lowest BCUT2D eigenvalue weighted by Gasteiger charge is -2.33. The van der Waals surface area contributed by atoms with Crippen LogP contribution in [0.2, 0.25) is 0 Å². The van der Waals surface area contributed by atoms with Crippen LogP contribution in [0.15, 0.2) is 0 Å². The molecule has 114 valence electrons. The summed E-state index contributed by atoms with van der Waals surface area (Å²) < 4.78 is 0. The minimum absolute atomic E-state index is 0.199. The Balaban J connectivity index is 1.76. The van der Waals surface area contributed by atoms with Crippen molar-refractivity contribution < 1.29 is 9.59 Å². The van der Waals surface area contributed by atoms with Gasteiger partial charge in [0.2, 0.25) is 5.91 Å². The summed E-state index contributed by atoms with van der Waals surface area (Å²) >= 11 is 0. The molecule has 1 aliphatic heterocycles. The summed E-state index contributed by atoms with van der Waals surface area (Å²) in [5, 5.41) is 8.54. The quantitative estimate of drug-likeness (QED) is 0.661. The van der Waals surface area contributed by atoms with E-state index in [1.165, 1.54) is 0 Å². The fourth-order valence-corrected chi connectivity index (χ4v) is 2.65. The highest BCUT2D eigenvalue weighted by molar-refractivity contribution is 5.95. The molecule has 1 saturated carbocycles. The SMILES string of the molecule is CCCN(CC(=O)NC(=O)NC1CC1)C1CCNCC1. The first-order chi connectivity index (χ1) is 9.69. The van der Waals surface area contributed by atoms with Crippen molar-refractivity contribution in [2.24, 2.45) is 0 Å². The fraction of sp³-hybridized carbons (Fsp3) is 0.857. The van der Waals surface area contributed by atoms with Gasteiger partial charge in [-0.2, -0.15) is 0 Å². The lowest BCUT2D eigenvalue weighted by molar-refractivity contribution is -0.121. The molecule has 0 unspecified atom stereocenters. The second-order valence-electron chi connectivity index (χ2n) is 5.75. The topological polar surface area (TPSA) is 73.5 Å². The number of amides is 3. The lowest BCUT2D eigenvalue weighted by Crippen LogP contribution is -2.50. The van der Waals surface area contributed by atoms with Crippen molar-refractivity contribution in [3.63, 3.8) is 0 Å². The van der Waals surface area contributed by atoms with E-state index in [-0.39, 0.29) is 18.0 Å². The van der Waals surface area contributed by atoms with E-state index in [0.29, 0.717) is 12.6 Å². The highest BCUT2D eigenvalue weighted by atomic mass is 16.2. The molecule has 1 heterocycles. The molecule has 0 spiro atoms. The predicted molar refractivity (Wildman–Crippen MR) is 77.5 cm³/mol. The van der Waals surface area contributed by atoms with Gasteiger partial charge in [-0.3, -0.25) is 15.0 Å². The van der Waals surface area contributed by atoms with Crippen LogP contribution in [0.5, 0.6) is 0 Å². The number of urea groups is 1. The molecule has 2 fully saturated rings. The van der Waals surface area contributed by atoms with E-state index in [0.717, 1.165) is 51.7 Å². The van der Waals surface area contributed by atoms with Crippen molar-refractivity contribution in [3.8, 4) is 0 Å². The maximum atomic E-state index is 12.0. The van der Waals surface area contributed by atoms with Gasteiger partial charge in [0.25, 0.3) is 0 Å². The Morgan fingerprint density at radius 3 is 2.50 bits per heavy atom. The summed E-state index contributed by atoms with van der Waals surface area (Å²) in [4.78, 5) is 25.7. The second-order valence-corrected chi connectivity index (χ2v) is 5.75. The molecule has 6 heteroatoms. The largest absolute Gasteiger partial charge is 0.335 e. The van der Waals surface area contributed by atoms with Crippen LogP contribution in [0.3, 0.4) is 0 Å². The molecule has 0 aromatic rings. The van der Waals surface area contributed by atoms with Crippen LogP contribution in [-0.4, -0.2) is 55.1 Å². The van der Waals surface area contributed by atoms with Crippen LogP contribution in [0.1, 0.15) is 39.0 Å². The average Bonchev–Trinajstić information content (AvgIpc) is 3.23. The molecule has 1 aliphatic carbocycles. The zero-order valence-corrected chi connectivity index (χ0v) is 12.3. The number of rotatable bonds is 6. The molecule has 3 amide bonds. The van der Waals surface area contributed by atoms with E-state index < -0.39 is 0 Å². The minimum Gasteiger partial charge on any atom is -0.335 e. The summed E-state index contributed by atoms with van der Waals surface area (Å²) in [5.74, 6) is -0.199. The maximum Gasteiger partial charge on any atom is 0.321 e. The average molecular weight is 282 g/mol. The molecule has 0 bridgehead atoms. The molecule has 0 aromatic carbocycles. The van der Waals surface area contributed by atoms with Gasteiger partial charge in [-0.05, 0) is 51.7 Å². The summed E-state index contributed by atoms with van der Waals surface area (Å²) in [6.45, 7) is 5.36. The van der Waals surface area contributed by atoms with Crippen molar-refractivity contribution in [2.75, 3.05) is 26.2 Å². The maximum absolute atomic E-state index is 12.0. The van der Waals surface area contributed by atoms with Gasteiger partial charge in [0.15, 0.2) is 0 Å². The normalized spacial score (nSPS) is 19.9. The number of carbonyl (C=O) groups is 2. The van der Waals surface area contributed by atoms with Gasteiger partial charge in [0.05, 0.1) is 6.54 Å². The van der Waals surface area contributed by atoms with E-state index in [2.05, 4.69) is 27.8 Å². The molecule has 0 aromatic heterocycles. The van der Waals surface area contributed by atoms with E-state index in [1.54, 1.807) is 0 Å². The Bertz CT molecular complexity index is 338. The zero-order chi connectivity index (χ0) is 14.4. The third-order valence-corrected chi connectivity index (χ3v) is 3.85. The van der Waals surface area contributed by atoms with Crippen molar-refractivity contribution in [2.45, 2.75) is 51.1 Å². The second kappa shape index (κ2) is 7.59. The third kappa shape index (κ3) is 5.09. The molecule has 0 radical (unpaired) electrons. The van der Waals surface area contributed by atoms with Crippen LogP contribution < -0.4 is 16.0 Å². The van der Waals surface area contributed by atoms with Gasteiger partial charge in [0, 0.05) is 12.1 Å². The molecule has 1 saturated heterocycles. The van der Waals surface area contributed by atoms with Crippen molar-refractivity contribution in [1.29, 1.82) is 0 Å². The summed E-state index contributed by atoms with van der Waals surface area (Å²) in [7, 11) is 0. The highest BCUT2D eigenvalue weighted by Crippen LogP contribution is 2.18. The predicted octanol–water partition coefficient (Wildman–Crippen LogP) is 0.439. The van der Waals surface area contributed by atoms with E-state index in [4.69, 9.17) is 0 Å². The van der Waals surface area contributed by atoms with Gasteiger partial charge < -0.3 is 10.6 Å². The Labute approximate surface area is 120 Å². The molecule has 2 aliphatic rings. The van der Waals surface area contributed by atoms with Gasteiger partial charge in [-0.1, -0.05) is 6.92 Å². The smallest absolute Gasteiger partial charge is 0.321 e. The number of imide groups is 1. The molecule has 6 nitrogen and oxygen atoms in total. The van der Waals surface area contributed by atoms with Gasteiger partial charge in [-0.25, -0.2) is 4.79 Å². The van der Waals surface area contributed by atoms with Crippen molar-refractivity contribution >= 4 is 11.9 Å². The van der Waals surface area contributed by atoms with E-state index in [1.807, 2.05) is 0 Å². The molecule has 3 N–H and O–H groups in total. The summed E-state index contributed by atoms with van der Waals surface area (Å²) in [6, 6.07) is 0.381. The summed E-state index contributed by atoms with van der Waals surface area (Å²) in [5.41, 5.74) is 0. The number of carbonyl (C=O) groups excluding carboxylic acids is 2. The number of hydrogen-bond donors (Lipinski definition) is 3. The van der Waals surface area contributed by atoms with E-state index >= 15 is 0 Å². The Kier molecular flexibility index (Phi) is 5.79. The number of nitrogens with zero attached hydrogens (tertiary/aromatic N) is 1. The van der Waals surface area contributed by atoms with E-state index in [9.17, 15) is 9.59 Å².